The van der Waals surface area contributed by atoms with Gasteiger partial charge in [0.1, 0.15) is 9.90 Å². The van der Waals surface area contributed by atoms with Crippen LogP contribution in [-0.2, 0) is 16.6 Å². The zero-order valence-corrected chi connectivity index (χ0v) is 15.0. The summed E-state index contributed by atoms with van der Waals surface area (Å²) in [5.41, 5.74) is 1.23. The van der Waals surface area contributed by atoms with Crippen LogP contribution in [0.3, 0.4) is 0 Å². The molecule has 2 aromatic rings. The van der Waals surface area contributed by atoms with Crippen LogP contribution >= 0.6 is 11.3 Å². The number of amides is 2. The standard InChI is InChI=1S/C16H15N3O4S2/c1-9-8-24-14(18-9)7-17-15(20)10-2-5-12-13(6-10)25(22,23)19(16(12)21)11-3-4-11/h2,5-6,8,11H,3-4,7H2,1H3,(H,17,20). The maximum atomic E-state index is 12.6. The first-order valence-corrected chi connectivity index (χ1v) is 10.1. The van der Waals surface area contributed by atoms with Gasteiger partial charge >= 0.3 is 0 Å². The van der Waals surface area contributed by atoms with E-state index in [4.69, 9.17) is 0 Å². The molecule has 2 heterocycles. The van der Waals surface area contributed by atoms with E-state index in [2.05, 4.69) is 10.3 Å². The lowest BCUT2D eigenvalue weighted by molar-refractivity contribution is 0.0863. The normalized spacial score (nSPS) is 18.3. The van der Waals surface area contributed by atoms with Crippen molar-refractivity contribution in [1.82, 2.24) is 14.6 Å². The highest BCUT2D eigenvalue weighted by Crippen LogP contribution is 2.39. The fraction of sp³-hybridized carbons (Fsp3) is 0.312. The third-order valence-electron chi connectivity index (χ3n) is 4.16. The second kappa shape index (κ2) is 5.63. The zero-order valence-electron chi connectivity index (χ0n) is 13.4. The number of fused-ring (bicyclic) bond motifs is 1. The minimum atomic E-state index is -3.86. The first kappa shape index (κ1) is 16.2. The average molecular weight is 377 g/mol. The van der Waals surface area contributed by atoms with E-state index in [0.29, 0.717) is 12.8 Å². The number of rotatable bonds is 4. The number of benzene rings is 1. The number of nitrogens with one attached hydrogen (secondary N) is 1. The molecule has 0 bridgehead atoms. The van der Waals surface area contributed by atoms with Crippen molar-refractivity contribution in [3.05, 3.63) is 45.4 Å². The van der Waals surface area contributed by atoms with Gasteiger partial charge in [-0.15, -0.1) is 11.3 Å². The second-order valence-corrected chi connectivity index (χ2v) is 8.84. The Morgan fingerprint density at radius 2 is 2.16 bits per heavy atom. The van der Waals surface area contributed by atoms with Crippen LogP contribution in [0.5, 0.6) is 0 Å². The van der Waals surface area contributed by atoms with Gasteiger partial charge in [-0.2, -0.15) is 0 Å². The van der Waals surface area contributed by atoms with Crippen LogP contribution in [0, 0.1) is 6.92 Å². The summed E-state index contributed by atoms with van der Waals surface area (Å²) >= 11 is 1.44. The number of carbonyl (C=O) groups excluding carboxylic acids is 2. The molecule has 9 heteroatoms. The van der Waals surface area contributed by atoms with Gasteiger partial charge < -0.3 is 5.32 Å². The molecule has 4 rings (SSSR count). The van der Waals surface area contributed by atoms with Crippen molar-refractivity contribution in [2.45, 2.75) is 37.2 Å². The third kappa shape index (κ3) is 2.73. The van der Waals surface area contributed by atoms with E-state index >= 15 is 0 Å². The van der Waals surface area contributed by atoms with Crippen molar-refractivity contribution < 1.29 is 18.0 Å². The first-order valence-electron chi connectivity index (χ1n) is 7.80. The summed E-state index contributed by atoms with van der Waals surface area (Å²) in [4.78, 5) is 28.8. The van der Waals surface area contributed by atoms with E-state index < -0.39 is 21.8 Å². The van der Waals surface area contributed by atoms with Crippen LogP contribution in [0.1, 0.15) is 44.3 Å². The number of carbonyl (C=O) groups is 2. The Morgan fingerprint density at radius 1 is 1.40 bits per heavy atom. The van der Waals surface area contributed by atoms with Gasteiger partial charge in [-0.05, 0) is 38.0 Å². The van der Waals surface area contributed by atoms with Gasteiger partial charge in [0, 0.05) is 22.7 Å². The summed E-state index contributed by atoms with van der Waals surface area (Å²) in [6.45, 7) is 2.14. The number of aromatic nitrogens is 1. The SMILES string of the molecule is Cc1csc(CNC(=O)c2ccc3c(c2)S(=O)(=O)N(C2CC2)C3=O)n1. The summed E-state index contributed by atoms with van der Waals surface area (Å²) in [5.74, 6) is -0.897. The summed E-state index contributed by atoms with van der Waals surface area (Å²) in [6, 6.07) is 3.94. The van der Waals surface area contributed by atoms with Gasteiger partial charge in [0.15, 0.2) is 0 Å². The van der Waals surface area contributed by atoms with Gasteiger partial charge in [0.05, 0.1) is 12.1 Å². The minimum Gasteiger partial charge on any atom is -0.346 e. The zero-order chi connectivity index (χ0) is 17.8. The Balaban J connectivity index is 1.58. The molecule has 2 amide bonds. The van der Waals surface area contributed by atoms with Crippen LogP contribution in [0.15, 0.2) is 28.5 Å². The Morgan fingerprint density at radius 3 is 2.80 bits per heavy atom. The number of nitrogens with zero attached hydrogens (tertiary/aromatic N) is 2. The van der Waals surface area contributed by atoms with Crippen molar-refractivity contribution in [1.29, 1.82) is 0 Å². The lowest BCUT2D eigenvalue weighted by Crippen LogP contribution is -2.32. The van der Waals surface area contributed by atoms with E-state index in [-0.39, 0.29) is 28.6 Å². The van der Waals surface area contributed by atoms with E-state index in [1.807, 2.05) is 12.3 Å². The maximum Gasteiger partial charge on any atom is 0.269 e. The van der Waals surface area contributed by atoms with E-state index in [9.17, 15) is 18.0 Å². The fourth-order valence-corrected chi connectivity index (χ4v) is 5.35. The lowest BCUT2D eigenvalue weighted by atomic mass is 10.1. The quantitative estimate of drug-likeness (QED) is 0.875. The van der Waals surface area contributed by atoms with Crippen molar-refractivity contribution in [2.75, 3.05) is 0 Å². The molecule has 0 saturated heterocycles. The molecule has 130 valence electrons. The van der Waals surface area contributed by atoms with E-state index in [1.54, 1.807) is 0 Å². The molecule has 1 N–H and O–H groups in total. The molecule has 2 aliphatic rings. The van der Waals surface area contributed by atoms with Crippen molar-refractivity contribution in [2.24, 2.45) is 0 Å². The predicted octanol–water partition coefficient (Wildman–Crippen LogP) is 1.69. The van der Waals surface area contributed by atoms with Crippen LogP contribution in [0.4, 0.5) is 0 Å². The van der Waals surface area contributed by atoms with Crippen molar-refractivity contribution >= 4 is 33.2 Å². The van der Waals surface area contributed by atoms with Crippen LogP contribution in [0.25, 0.3) is 0 Å². The molecule has 0 radical (unpaired) electrons. The molecular weight excluding hydrogens is 362 g/mol. The molecule has 25 heavy (non-hydrogen) atoms. The highest BCUT2D eigenvalue weighted by Gasteiger charge is 2.48. The minimum absolute atomic E-state index is 0.0813. The summed E-state index contributed by atoms with van der Waals surface area (Å²) in [5, 5.41) is 5.38. The maximum absolute atomic E-state index is 12.6. The van der Waals surface area contributed by atoms with Crippen molar-refractivity contribution in [3.63, 3.8) is 0 Å². The molecule has 7 nitrogen and oxygen atoms in total. The molecule has 0 unspecified atom stereocenters. The molecule has 0 spiro atoms. The Hall–Kier alpha value is -2.26. The molecule has 0 atom stereocenters. The number of aryl methyl sites for hydroxylation is 1. The number of thiazole rings is 1. The van der Waals surface area contributed by atoms with Gasteiger partial charge in [-0.25, -0.2) is 17.7 Å². The largest absolute Gasteiger partial charge is 0.346 e. The van der Waals surface area contributed by atoms with Crippen LogP contribution < -0.4 is 5.32 Å². The van der Waals surface area contributed by atoms with Crippen LogP contribution in [-0.4, -0.2) is 35.6 Å². The van der Waals surface area contributed by atoms with Gasteiger partial charge in [0.2, 0.25) is 0 Å². The Labute approximate surface area is 148 Å². The molecule has 1 aliphatic heterocycles. The molecule has 1 aromatic heterocycles. The fourth-order valence-electron chi connectivity index (χ4n) is 2.80. The molecule has 1 aliphatic carbocycles. The van der Waals surface area contributed by atoms with Gasteiger partial charge in [-0.1, -0.05) is 0 Å². The smallest absolute Gasteiger partial charge is 0.269 e. The molecule has 1 saturated carbocycles. The predicted molar refractivity (Wildman–Crippen MR) is 90.8 cm³/mol. The van der Waals surface area contributed by atoms with Crippen LogP contribution in [0.2, 0.25) is 0 Å². The Bertz CT molecular complexity index is 993. The molecular formula is C16H15N3O4S2. The summed E-state index contributed by atoms with van der Waals surface area (Å²) in [6.07, 6.45) is 1.39. The average Bonchev–Trinajstić information content (AvgIpc) is 3.27. The monoisotopic (exact) mass is 377 g/mol. The topological polar surface area (TPSA) is 96.4 Å². The highest BCUT2D eigenvalue weighted by atomic mass is 32.2. The first-order chi connectivity index (χ1) is 11.9. The number of sulfonamides is 1. The summed E-state index contributed by atoms with van der Waals surface area (Å²) < 4.78 is 26.2. The van der Waals surface area contributed by atoms with E-state index in [0.717, 1.165) is 15.0 Å². The van der Waals surface area contributed by atoms with Gasteiger partial charge in [0.25, 0.3) is 21.8 Å². The third-order valence-corrected chi connectivity index (χ3v) is 7.00. The number of hydrogen-bond acceptors (Lipinski definition) is 6. The van der Waals surface area contributed by atoms with Gasteiger partial charge in [-0.3, -0.25) is 9.59 Å². The molecule has 1 fully saturated rings. The Kier molecular flexibility index (Phi) is 3.66. The second-order valence-electron chi connectivity index (χ2n) is 6.11. The lowest BCUT2D eigenvalue weighted by Gasteiger charge is -2.13. The molecule has 1 aromatic carbocycles. The van der Waals surface area contributed by atoms with Crippen molar-refractivity contribution in [3.8, 4) is 0 Å². The summed E-state index contributed by atoms with van der Waals surface area (Å²) in [7, 11) is -3.86. The number of hydrogen-bond donors (Lipinski definition) is 1. The highest BCUT2D eigenvalue weighted by molar-refractivity contribution is 7.90. The van der Waals surface area contributed by atoms with E-state index in [1.165, 1.54) is 29.5 Å².